The SMILES string of the molecule is COc1ccc(N)c(NC(=O)c2ccc3[nH]ccc3c2)c1. The Labute approximate surface area is 121 Å². The van der Waals surface area contributed by atoms with Crippen molar-refractivity contribution in [3.63, 3.8) is 0 Å². The van der Waals surface area contributed by atoms with Crippen LogP contribution in [0.2, 0.25) is 0 Å². The highest BCUT2D eigenvalue weighted by Crippen LogP contribution is 2.25. The predicted octanol–water partition coefficient (Wildman–Crippen LogP) is 3.01. The Morgan fingerprint density at radius 3 is 2.86 bits per heavy atom. The topological polar surface area (TPSA) is 80.1 Å². The van der Waals surface area contributed by atoms with Crippen LogP contribution in [0.5, 0.6) is 5.75 Å². The number of methoxy groups -OCH3 is 1. The average molecular weight is 281 g/mol. The smallest absolute Gasteiger partial charge is 0.255 e. The van der Waals surface area contributed by atoms with Crippen LogP contribution in [0.25, 0.3) is 10.9 Å². The van der Waals surface area contributed by atoms with E-state index in [1.54, 1.807) is 31.4 Å². The molecule has 0 saturated heterocycles. The monoisotopic (exact) mass is 281 g/mol. The lowest BCUT2D eigenvalue weighted by molar-refractivity contribution is 0.102. The molecule has 0 bridgehead atoms. The lowest BCUT2D eigenvalue weighted by Gasteiger charge is -2.10. The van der Waals surface area contributed by atoms with E-state index in [1.807, 2.05) is 24.4 Å². The molecule has 0 radical (unpaired) electrons. The minimum absolute atomic E-state index is 0.210. The van der Waals surface area contributed by atoms with Crippen molar-refractivity contribution in [2.24, 2.45) is 0 Å². The average Bonchev–Trinajstić information content (AvgIpc) is 2.96. The molecule has 1 aromatic heterocycles. The van der Waals surface area contributed by atoms with Gasteiger partial charge < -0.3 is 20.8 Å². The van der Waals surface area contributed by atoms with Crippen LogP contribution < -0.4 is 15.8 Å². The first-order valence-corrected chi connectivity index (χ1v) is 6.49. The number of benzene rings is 2. The highest BCUT2D eigenvalue weighted by atomic mass is 16.5. The fourth-order valence-corrected chi connectivity index (χ4v) is 2.16. The van der Waals surface area contributed by atoms with Crippen LogP contribution in [0.15, 0.2) is 48.7 Å². The van der Waals surface area contributed by atoms with E-state index in [9.17, 15) is 4.79 Å². The molecule has 1 amide bonds. The molecule has 3 aromatic rings. The summed E-state index contributed by atoms with van der Waals surface area (Å²) in [6.07, 6.45) is 1.84. The number of amides is 1. The summed E-state index contributed by atoms with van der Waals surface area (Å²) in [5.74, 6) is 0.429. The van der Waals surface area contributed by atoms with Crippen LogP contribution in [0.3, 0.4) is 0 Å². The molecule has 0 saturated carbocycles. The van der Waals surface area contributed by atoms with Gasteiger partial charge in [0.05, 0.1) is 18.5 Å². The molecule has 0 unspecified atom stereocenters. The highest BCUT2D eigenvalue weighted by Gasteiger charge is 2.10. The summed E-state index contributed by atoms with van der Waals surface area (Å²) in [5, 5.41) is 3.79. The molecule has 0 spiro atoms. The van der Waals surface area contributed by atoms with Crippen molar-refractivity contribution in [1.29, 1.82) is 0 Å². The first-order chi connectivity index (χ1) is 10.2. The number of carbonyl (C=O) groups is 1. The van der Waals surface area contributed by atoms with Gasteiger partial charge in [-0.2, -0.15) is 0 Å². The second kappa shape index (κ2) is 5.20. The van der Waals surface area contributed by atoms with E-state index in [1.165, 1.54) is 0 Å². The van der Waals surface area contributed by atoms with Crippen molar-refractivity contribution in [2.75, 3.05) is 18.2 Å². The van der Waals surface area contributed by atoms with Gasteiger partial charge in [-0.15, -0.1) is 0 Å². The van der Waals surface area contributed by atoms with Crippen molar-refractivity contribution < 1.29 is 9.53 Å². The number of H-pyrrole nitrogens is 1. The van der Waals surface area contributed by atoms with E-state index in [0.717, 1.165) is 10.9 Å². The number of hydrogen-bond donors (Lipinski definition) is 3. The Hall–Kier alpha value is -2.95. The molecule has 0 atom stereocenters. The van der Waals surface area contributed by atoms with Gasteiger partial charge in [0.1, 0.15) is 5.75 Å². The Morgan fingerprint density at radius 1 is 1.19 bits per heavy atom. The van der Waals surface area contributed by atoms with Crippen molar-refractivity contribution in [3.8, 4) is 5.75 Å². The zero-order valence-electron chi connectivity index (χ0n) is 11.5. The van der Waals surface area contributed by atoms with Gasteiger partial charge in [0.2, 0.25) is 0 Å². The van der Waals surface area contributed by atoms with Crippen molar-refractivity contribution in [1.82, 2.24) is 4.98 Å². The van der Waals surface area contributed by atoms with Gasteiger partial charge in [-0.05, 0) is 36.4 Å². The summed E-state index contributed by atoms with van der Waals surface area (Å²) < 4.78 is 5.13. The third-order valence-corrected chi connectivity index (χ3v) is 3.32. The molecule has 106 valence electrons. The van der Waals surface area contributed by atoms with E-state index >= 15 is 0 Å². The quantitative estimate of drug-likeness (QED) is 0.645. The summed E-state index contributed by atoms with van der Waals surface area (Å²) in [6.45, 7) is 0. The fourth-order valence-electron chi connectivity index (χ4n) is 2.16. The second-order valence-corrected chi connectivity index (χ2v) is 4.69. The lowest BCUT2D eigenvalue weighted by Crippen LogP contribution is -2.13. The molecule has 4 N–H and O–H groups in total. The largest absolute Gasteiger partial charge is 0.497 e. The first-order valence-electron chi connectivity index (χ1n) is 6.49. The molecular weight excluding hydrogens is 266 g/mol. The standard InChI is InChI=1S/C16H15N3O2/c1-21-12-3-4-13(17)15(9-12)19-16(20)11-2-5-14-10(8-11)6-7-18-14/h2-9,18H,17H2,1H3,(H,19,20). The number of carbonyl (C=O) groups excluding carboxylic acids is 1. The summed E-state index contributed by atoms with van der Waals surface area (Å²) >= 11 is 0. The first kappa shape index (κ1) is 13.1. The van der Waals surface area contributed by atoms with Gasteiger partial charge in [0.25, 0.3) is 5.91 Å². The van der Waals surface area contributed by atoms with Crippen molar-refractivity contribution >= 4 is 28.2 Å². The number of hydrogen-bond acceptors (Lipinski definition) is 3. The molecule has 0 aliphatic carbocycles. The molecule has 1 heterocycles. The normalized spacial score (nSPS) is 10.5. The molecule has 0 aliphatic rings. The third kappa shape index (κ3) is 2.53. The van der Waals surface area contributed by atoms with Gasteiger partial charge in [-0.25, -0.2) is 0 Å². The molecule has 0 aliphatic heterocycles. The molecule has 2 aromatic carbocycles. The van der Waals surface area contributed by atoms with Crippen LogP contribution >= 0.6 is 0 Å². The zero-order chi connectivity index (χ0) is 14.8. The van der Waals surface area contributed by atoms with Crippen LogP contribution in [-0.2, 0) is 0 Å². The Kier molecular flexibility index (Phi) is 3.23. The number of nitrogen functional groups attached to an aromatic ring is 1. The lowest BCUT2D eigenvalue weighted by atomic mass is 10.1. The summed E-state index contributed by atoms with van der Waals surface area (Å²) in [4.78, 5) is 15.4. The zero-order valence-corrected chi connectivity index (χ0v) is 11.5. The Balaban J connectivity index is 1.88. The molecule has 21 heavy (non-hydrogen) atoms. The summed E-state index contributed by atoms with van der Waals surface area (Å²) in [6, 6.07) is 12.5. The van der Waals surface area contributed by atoms with Crippen LogP contribution in [0, 0.1) is 0 Å². The number of ether oxygens (including phenoxy) is 1. The molecular formula is C16H15N3O2. The number of rotatable bonds is 3. The van der Waals surface area contributed by atoms with Gasteiger partial charge in [-0.1, -0.05) is 0 Å². The van der Waals surface area contributed by atoms with Crippen LogP contribution in [0.1, 0.15) is 10.4 Å². The molecule has 3 rings (SSSR count). The minimum Gasteiger partial charge on any atom is -0.497 e. The minimum atomic E-state index is -0.210. The maximum atomic E-state index is 12.3. The molecule has 0 fully saturated rings. The Bertz CT molecular complexity index is 808. The van der Waals surface area contributed by atoms with Crippen molar-refractivity contribution in [3.05, 3.63) is 54.2 Å². The predicted molar refractivity (Wildman–Crippen MR) is 83.7 cm³/mol. The number of nitrogens with one attached hydrogen (secondary N) is 2. The van der Waals surface area contributed by atoms with E-state index in [4.69, 9.17) is 10.5 Å². The van der Waals surface area contributed by atoms with Gasteiger partial charge >= 0.3 is 0 Å². The van der Waals surface area contributed by atoms with Crippen LogP contribution in [0.4, 0.5) is 11.4 Å². The van der Waals surface area contributed by atoms with Gasteiger partial charge in [0.15, 0.2) is 0 Å². The van der Waals surface area contributed by atoms with E-state index in [2.05, 4.69) is 10.3 Å². The van der Waals surface area contributed by atoms with Crippen LogP contribution in [-0.4, -0.2) is 18.0 Å². The number of aromatic nitrogens is 1. The van der Waals surface area contributed by atoms with E-state index < -0.39 is 0 Å². The molecule has 5 nitrogen and oxygen atoms in total. The second-order valence-electron chi connectivity index (χ2n) is 4.69. The highest BCUT2D eigenvalue weighted by molar-refractivity contribution is 6.07. The third-order valence-electron chi connectivity index (χ3n) is 3.32. The van der Waals surface area contributed by atoms with Crippen molar-refractivity contribution in [2.45, 2.75) is 0 Å². The maximum absolute atomic E-state index is 12.3. The maximum Gasteiger partial charge on any atom is 0.255 e. The number of nitrogens with two attached hydrogens (primary N) is 1. The summed E-state index contributed by atoms with van der Waals surface area (Å²) in [5.41, 5.74) is 8.46. The Morgan fingerprint density at radius 2 is 2.05 bits per heavy atom. The van der Waals surface area contributed by atoms with Gasteiger partial charge in [-0.3, -0.25) is 4.79 Å². The number of anilines is 2. The van der Waals surface area contributed by atoms with E-state index in [-0.39, 0.29) is 5.91 Å². The number of fused-ring (bicyclic) bond motifs is 1. The summed E-state index contributed by atoms with van der Waals surface area (Å²) in [7, 11) is 1.57. The molecule has 5 heteroatoms. The fraction of sp³-hybridized carbons (Fsp3) is 0.0625. The number of aromatic amines is 1. The van der Waals surface area contributed by atoms with Gasteiger partial charge in [0, 0.05) is 28.7 Å². The van der Waals surface area contributed by atoms with E-state index in [0.29, 0.717) is 22.7 Å².